The van der Waals surface area contributed by atoms with Gasteiger partial charge in [0.05, 0.1) is 13.1 Å². The number of nitrogens with one attached hydrogen (secondary N) is 2. The first-order valence-corrected chi connectivity index (χ1v) is 8.36. The number of hydrogen-bond acceptors (Lipinski definition) is 2. The number of aryl methyl sites for hydroxylation is 1. The van der Waals surface area contributed by atoms with Crippen molar-refractivity contribution in [3.63, 3.8) is 0 Å². The van der Waals surface area contributed by atoms with Gasteiger partial charge in [-0.3, -0.25) is 4.79 Å². The van der Waals surface area contributed by atoms with E-state index < -0.39 is 0 Å². The Morgan fingerprint density at radius 2 is 1.92 bits per heavy atom. The average Bonchev–Trinajstić information content (AvgIpc) is 3.03. The van der Waals surface area contributed by atoms with E-state index in [9.17, 15) is 4.79 Å². The summed E-state index contributed by atoms with van der Waals surface area (Å²) in [4.78, 5) is 18.1. The summed E-state index contributed by atoms with van der Waals surface area (Å²) >= 11 is 0. The monoisotopic (exact) mass is 444 g/mol. The molecule has 2 rings (SSSR count). The summed E-state index contributed by atoms with van der Waals surface area (Å²) in [5.74, 6) is 0.775. The molecule has 0 radical (unpaired) electrons. The van der Waals surface area contributed by atoms with Crippen molar-refractivity contribution in [1.82, 2.24) is 15.5 Å². The molecule has 0 spiro atoms. The number of likely N-dealkylation sites (N-methyl/N-ethyl adjacent to an activating group) is 1. The van der Waals surface area contributed by atoms with Crippen LogP contribution in [0.15, 0.2) is 29.3 Å². The van der Waals surface area contributed by atoms with Gasteiger partial charge in [-0.15, -0.1) is 24.0 Å². The molecule has 1 aromatic rings. The zero-order valence-corrected chi connectivity index (χ0v) is 17.2. The Morgan fingerprint density at radius 3 is 2.54 bits per heavy atom. The molecule has 1 fully saturated rings. The van der Waals surface area contributed by atoms with Crippen LogP contribution >= 0.6 is 24.0 Å². The highest BCUT2D eigenvalue weighted by Crippen LogP contribution is 2.17. The summed E-state index contributed by atoms with van der Waals surface area (Å²) in [5.41, 5.74) is 2.44. The third kappa shape index (κ3) is 6.67. The Labute approximate surface area is 162 Å². The molecule has 0 bridgehead atoms. The molecule has 0 unspecified atom stereocenters. The second-order valence-corrected chi connectivity index (χ2v) is 6.36. The number of benzene rings is 1. The maximum absolute atomic E-state index is 11.8. The smallest absolute Gasteiger partial charge is 0.241 e. The van der Waals surface area contributed by atoms with E-state index in [2.05, 4.69) is 34.7 Å². The van der Waals surface area contributed by atoms with E-state index in [1.807, 2.05) is 12.1 Å². The maximum atomic E-state index is 11.8. The molecular formula is C18H29IN4O. The molecule has 24 heavy (non-hydrogen) atoms. The first-order valence-electron chi connectivity index (χ1n) is 8.36. The Morgan fingerprint density at radius 1 is 1.25 bits per heavy atom. The number of guanidine groups is 1. The predicted octanol–water partition coefficient (Wildman–Crippen LogP) is 2.68. The zero-order valence-electron chi connectivity index (χ0n) is 14.8. The van der Waals surface area contributed by atoms with Gasteiger partial charge in [-0.1, -0.05) is 37.1 Å². The van der Waals surface area contributed by atoms with Crippen molar-refractivity contribution >= 4 is 35.8 Å². The van der Waals surface area contributed by atoms with Crippen LogP contribution < -0.4 is 10.6 Å². The van der Waals surface area contributed by atoms with Crippen molar-refractivity contribution in [3.05, 3.63) is 35.4 Å². The molecule has 5 nitrogen and oxygen atoms in total. The minimum Gasteiger partial charge on any atom is -0.354 e. The van der Waals surface area contributed by atoms with E-state index in [0.717, 1.165) is 5.96 Å². The number of carbonyl (C=O) groups is 1. The van der Waals surface area contributed by atoms with Crippen LogP contribution in [0, 0.1) is 6.92 Å². The van der Waals surface area contributed by atoms with Gasteiger partial charge in [0.1, 0.15) is 0 Å². The van der Waals surface area contributed by atoms with E-state index in [4.69, 9.17) is 0 Å². The fraction of sp³-hybridized carbons (Fsp3) is 0.556. The van der Waals surface area contributed by atoms with Crippen molar-refractivity contribution in [2.45, 2.75) is 45.2 Å². The Bertz CT molecular complexity index is 554. The van der Waals surface area contributed by atoms with Gasteiger partial charge >= 0.3 is 0 Å². The molecule has 0 atom stereocenters. The third-order valence-corrected chi connectivity index (χ3v) is 4.27. The molecule has 0 heterocycles. The van der Waals surface area contributed by atoms with E-state index in [1.54, 1.807) is 19.0 Å². The first-order chi connectivity index (χ1) is 11.1. The third-order valence-electron chi connectivity index (χ3n) is 4.27. The van der Waals surface area contributed by atoms with Gasteiger partial charge in [-0.2, -0.15) is 0 Å². The highest BCUT2D eigenvalue weighted by atomic mass is 127. The van der Waals surface area contributed by atoms with Crippen LogP contribution in [0.5, 0.6) is 0 Å². The van der Waals surface area contributed by atoms with Gasteiger partial charge in [-0.25, -0.2) is 4.99 Å². The number of amides is 1. The molecule has 6 heteroatoms. The van der Waals surface area contributed by atoms with Crippen molar-refractivity contribution < 1.29 is 4.79 Å². The van der Waals surface area contributed by atoms with Crippen LogP contribution in [0.25, 0.3) is 0 Å². The number of hydrogen-bond donors (Lipinski definition) is 2. The molecule has 0 aliphatic heterocycles. The van der Waals surface area contributed by atoms with Crippen molar-refractivity contribution in [2.75, 3.05) is 20.6 Å². The Balaban J connectivity index is 0.00000288. The largest absolute Gasteiger partial charge is 0.354 e. The number of halogens is 1. The first kappa shape index (κ1) is 20.7. The lowest BCUT2D eigenvalue weighted by Gasteiger charge is -2.18. The van der Waals surface area contributed by atoms with Crippen LogP contribution in [0.3, 0.4) is 0 Å². The lowest BCUT2D eigenvalue weighted by atomic mass is 10.1. The van der Waals surface area contributed by atoms with E-state index in [-0.39, 0.29) is 36.4 Å². The number of carbonyl (C=O) groups excluding carboxylic acids is 1. The average molecular weight is 444 g/mol. The summed E-state index contributed by atoms with van der Waals surface area (Å²) in [6.07, 6.45) is 4.87. The van der Waals surface area contributed by atoms with E-state index in [0.29, 0.717) is 12.6 Å². The number of rotatable bonds is 5. The minimum atomic E-state index is 0. The summed E-state index contributed by atoms with van der Waals surface area (Å²) < 4.78 is 0. The van der Waals surface area contributed by atoms with Crippen LogP contribution in [0.4, 0.5) is 0 Å². The lowest BCUT2D eigenvalue weighted by Crippen LogP contribution is -2.46. The van der Waals surface area contributed by atoms with E-state index >= 15 is 0 Å². The van der Waals surface area contributed by atoms with Gasteiger partial charge in [0.25, 0.3) is 0 Å². The quantitative estimate of drug-likeness (QED) is 0.417. The summed E-state index contributed by atoms with van der Waals surface area (Å²) in [6.45, 7) is 2.97. The number of aliphatic imine (C=N–C) groups is 1. The maximum Gasteiger partial charge on any atom is 0.241 e. The topological polar surface area (TPSA) is 56.7 Å². The second kappa shape index (κ2) is 10.5. The molecule has 1 aromatic carbocycles. The summed E-state index contributed by atoms with van der Waals surface area (Å²) in [5, 5.41) is 6.63. The van der Waals surface area contributed by atoms with Crippen LogP contribution in [-0.4, -0.2) is 43.4 Å². The molecule has 0 saturated heterocycles. The molecule has 1 amide bonds. The standard InChI is InChI=1S/C18H28N4O.HI/c1-14-8-4-5-9-15(14)12-19-18(20-13-17(23)22(2)3)21-16-10-6-7-11-16;/h4-5,8-9,16H,6-7,10-13H2,1-3H3,(H2,19,20,21);1H. The van der Waals surface area contributed by atoms with Crippen LogP contribution in [0.2, 0.25) is 0 Å². The normalized spacial score (nSPS) is 14.9. The molecule has 0 aromatic heterocycles. The molecule has 134 valence electrons. The second-order valence-electron chi connectivity index (χ2n) is 6.36. The molecule has 2 N–H and O–H groups in total. The molecule has 1 aliphatic carbocycles. The van der Waals surface area contributed by atoms with Crippen molar-refractivity contribution in [3.8, 4) is 0 Å². The van der Waals surface area contributed by atoms with Crippen LogP contribution in [0.1, 0.15) is 36.8 Å². The fourth-order valence-electron chi connectivity index (χ4n) is 2.69. The number of nitrogens with zero attached hydrogens (tertiary/aromatic N) is 2. The predicted molar refractivity (Wildman–Crippen MR) is 110 cm³/mol. The summed E-state index contributed by atoms with van der Waals surface area (Å²) in [7, 11) is 3.52. The van der Waals surface area contributed by atoms with Crippen molar-refractivity contribution in [1.29, 1.82) is 0 Å². The SMILES string of the molecule is Cc1ccccc1CN=C(NCC(=O)N(C)C)NC1CCCC1.I. The molecular weight excluding hydrogens is 415 g/mol. The van der Waals surface area contributed by atoms with Gasteiger partial charge in [0, 0.05) is 20.1 Å². The van der Waals surface area contributed by atoms with Crippen LogP contribution in [-0.2, 0) is 11.3 Å². The summed E-state index contributed by atoms with van der Waals surface area (Å²) in [6, 6.07) is 8.72. The van der Waals surface area contributed by atoms with Gasteiger partial charge in [-0.05, 0) is 30.9 Å². The Hall–Kier alpha value is -1.31. The highest BCUT2D eigenvalue weighted by Gasteiger charge is 2.16. The van der Waals surface area contributed by atoms with Gasteiger partial charge in [0.15, 0.2) is 5.96 Å². The highest BCUT2D eigenvalue weighted by molar-refractivity contribution is 14.0. The van der Waals surface area contributed by atoms with Crippen molar-refractivity contribution in [2.24, 2.45) is 4.99 Å². The minimum absolute atomic E-state index is 0. The molecule has 1 aliphatic rings. The van der Waals surface area contributed by atoms with Gasteiger partial charge in [0.2, 0.25) is 5.91 Å². The lowest BCUT2D eigenvalue weighted by molar-refractivity contribution is -0.127. The van der Waals surface area contributed by atoms with E-state index in [1.165, 1.54) is 36.8 Å². The fourth-order valence-corrected chi connectivity index (χ4v) is 2.69. The van der Waals surface area contributed by atoms with Gasteiger partial charge < -0.3 is 15.5 Å². The zero-order chi connectivity index (χ0) is 16.7. The Kier molecular flexibility index (Phi) is 9.10. The molecule has 1 saturated carbocycles.